The molecule has 0 atom stereocenters. The predicted molar refractivity (Wildman–Crippen MR) is 86.4 cm³/mol. The van der Waals surface area contributed by atoms with Crippen LogP contribution in [0, 0.1) is 0 Å². The Hall–Kier alpha value is -2.56. The highest BCUT2D eigenvalue weighted by Crippen LogP contribution is 2.41. The molecule has 2 heterocycles. The Labute approximate surface area is 135 Å². The largest absolute Gasteiger partial charge is 0.483 e. The van der Waals surface area contributed by atoms with Crippen LogP contribution in [-0.4, -0.2) is 23.1 Å². The molecule has 1 aromatic heterocycles. The highest BCUT2D eigenvalue weighted by Gasteiger charge is 2.32. The Bertz CT molecular complexity index is 699. The molecule has 1 aliphatic heterocycles. The maximum absolute atomic E-state index is 11.9. The third-order valence-electron chi connectivity index (χ3n) is 3.65. The van der Waals surface area contributed by atoms with Gasteiger partial charge >= 0.3 is 0 Å². The second-order valence-corrected chi connectivity index (χ2v) is 6.20. The molecule has 0 bridgehead atoms. The molecule has 0 fully saturated rings. The van der Waals surface area contributed by atoms with Crippen molar-refractivity contribution in [3.63, 3.8) is 0 Å². The molecule has 23 heavy (non-hydrogen) atoms. The first-order valence-electron chi connectivity index (χ1n) is 7.63. The number of ether oxygens (including phenoxy) is 2. The second-order valence-electron chi connectivity index (χ2n) is 6.20. The minimum atomic E-state index is -0.231. The van der Waals surface area contributed by atoms with E-state index in [-0.39, 0.29) is 18.1 Å². The standard InChI is InChI=1S/C18H20N2O3/c1-18(2)10-14-4-3-5-15(17(14)23-18)22-12-16(21)20-11-13-6-8-19-9-7-13/h3-9H,10-12H2,1-2H3,(H,20,21). The predicted octanol–water partition coefficient (Wildman–Crippen LogP) is 2.49. The molecule has 1 aromatic carbocycles. The number of pyridine rings is 1. The van der Waals surface area contributed by atoms with E-state index in [1.807, 2.05) is 44.2 Å². The fraction of sp³-hybridized carbons (Fsp3) is 0.333. The van der Waals surface area contributed by atoms with Crippen LogP contribution in [0.3, 0.4) is 0 Å². The molecule has 0 spiro atoms. The molecule has 1 amide bonds. The molecule has 2 aromatic rings. The fourth-order valence-electron chi connectivity index (χ4n) is 2.60. The number of rotatable bonds is 5. The van der Waals surface area contributed by atoms with E-state index < -0.39 is 0 Å². The van der Waals surface area contributed by atoms with Gasteiger partial charge in [0.05, 0.1) is 0 Å². The SMILES string of the molecule is CC1(C)Cc2cccc(OCC(=O)NCc3ccncc3)c2O1. The van der Waals surface area contributed by atoms with Crippen molar-refractivity contribution < 1.29 is 14.3 Å². The van der Waals surface area contributed by atoms with Gasteiger partial charge in [0.15, 0.2) is 18.1 Å². The van der Waals surface area contributed by atoms with Crippen LogP contribution >= 0.6 is 0 Å². The zero-order valence-corrected chi connectivity index (χ0v) is 13.3. The Morgan fingerprint density at radius 2 is 2.09 bits per heavy atom. The highest BCUT2D eigenvalue weighted by atomic mass is 16.5. The van der Waals surface area contributed by atoms with Crippen molar-refractivity contribution in [2.24, 2.45) is 0 Å². The zero-order valence-electron chi connectivity index (χ0n) is 13.3. The Morgan fingerprint density at radius 1 is 1.30 bits per heavy atom. The highest BCUT2D eigenvalue weighted by molar-refractivity contribution is 5.77. The molecule has 0 radical (unpaired) electrons. The lowest BCUT2D eigenvalue weighted by atomic mass is 10.0. The summed E-state index contributed by atoms with van der Waals surface area (Å²) in [6, 6.07) is 9.51. The molecule has 0 aliphatic carbocycles. The number of benzene rings is 1. The summed E-state index contributed by atoms with van der Waals surface area (Å²) in [7, 11) is 0. The maximum atomic E-state index is 11.9. The van der Waals surface area contributed by atoms with Crippen molar-refractivity contribution in [2.75, 3.05) is 6.61 Å². The van der Waals surface area contributed by atoms with Gasteiger partial charge in [-0.25, -0.2) is 0 Å². The number of nitrogens with zero attached hydrogens (tertiary/aromatic N) is 1. The number of carbonyl (C=O) groups excluding carboxylic acids is 1. The summed E-state index contributed by atoms with van der Waals surface area (Å²) < 4.78 is 11.6. The molecule has 1 N–H and O–H groups in total. The molecule has 5 nitrogen and oxygen atoms in total. The number of amides is 1. The van der Waals surface area contributed by atoms with Crippen LogP contribution in [0.15, 0.2) is 42.7 Å². The van der Waals surface area contributed by atoms with E-state index in [1.165, 1.54) is 0 Å². The molecule has 1 aliphatic rings. The summed E-state index contributed by atoms with van der Waals surface area (Å²) in [4.78, 5) is 15.9. The van der Waals surface area contributed by atoms with E-state index in [1.54, 1.807) is 12.4 Å². The number of para-hydroxylation sites is 1. The van der Waals surface area contributed by atoms with Gasteiger partial charge in [0, 0.05) is 30.9 Å². The van der Waals surface area contributed by atoms with E-state index in [0.717, 1.165) is 23.3 Å². The summed E-state index contributed by atoms with van der Waals surface area (Å²) in [6.07, 6.45) is 4.24. The van der Waals surface area contributed by atoms with Crippen LogP contribution in [0.5, 0.6) is 11.5 Å². The smallest absolute Gasteiger partial charge is 0.258 e. The number of nitrogens with one attached hydrogen (secondary N) is 1. The quantitative estimate of drug-likeness (QED) is 0.921. The lowest BCUT2D eigenvalue weighted by molar-refractivity contribution is -0.123. The third-order valence-corrected chi connectivity index (χ3v) is 3.65. The third kappa shape index (κ3) is 3.80. The number of fused-ring (bicyclic) bond motifs is 1. The van der Waals surface area contributed by atoms with Gasteiger partial charge in [0.2, 0.25) is 0 Å². The molecule has 120 valence electrons. The van der Waals surface area contributed by atoms with Crippen molar-refractivity contribution in [3.8, 4) is 11.5 Å². The molecule has 0 saturated carbocycles. The van der Waals surface area contributed by atoms with Crippen molar-refractivity contribution in [1.82, 2.24) is 10.3 Å². The normalized spacial score (nSPS) is 14.7. The van der Waals surface area contributed by atoms with E-state index in [0.29, 0.717) is 12.3 Å². The van der Waals surface area contributed by atoms with Crippen LogP contribution in [-0.2, 0) is 17.8 Å². The van der Waals surface area contributed by atoms with Crippen LogP contribution in [0.2, 0.25) is 0 Å². The second kappa shape index (κ2) is 6.28. The van der Waals surface area contributed by atoms with E-state index >= 15 is 0 Å². The zero-order chi connectivity index (χ0) is 16.3. The van der Waals surface area contributed by atoms with Crippen molar-refractivity contribution in [2.45, 2.75) is 32.4 Å². The summed E-state index contributed by atoms with van der Waals surface area (Å²) >= 11 is 0. The first-order chi connectivity index (χ1) is 11.0. The number of carbonyl (C=O) groups is 1. The molecular formula is C18H20N2O3. The van der Waals surface area contributed by atoms with Gasteiger partial charge in [-0.3, -0.25) is 9.78 Å². The van der Waals surface area contributed by atoms with E-state index in [9.17, 15) is 4.79 Å². The number of hydrogen-bond donors (Lipinski definition) is 1. The van der Waals surface area contributed by atoms with E-state index in [2.05, 4.69) is 10.3 Å². The summed E-state index contributed by atoms with van der Waals surface area (Å²) in [5.41, 5.74) is 1.88. The van der Waals surface area contributed by atoms with Gasteiger partial charge in [-0.1, -0.05) is 12.1 Å². The average molecular weight is 312 g/mol. The molecular weight excluding hydrogens is 292 g/mol. The van der Waals surface area contributed by atoms with Crippen LogP contribution in [0.4, 0.5) is 0 Å². The maximum Gasteiger partial charge on any atom is 0.258 e. The topological polar surface area (TPSA) is 60.5 Å². The van der Waals surface area contributed by atoms with Gasteiger partial charge in [-0.15, -0.1) is 0 Å². The van der Waals surface area contributed by atoms with Crippen LogP contribution < -0.4 is 14.8 Å². The van der Waals surface area contributed by atoms with Crippen LogP contribution in [0.25, 0.3) is 0 Å². The van der Waals surface area contributed by atoms with Gasteiger partial charge in [0.1, 0.15) is 5.60 Å². The molecule has 5 heteroatoms. The van der Waals surface area contributed by atoms with Gasteiger partial charge in [-0.2, -0.15) is 0 Å². The minimum absolute atomic E-state index is 0.0364. The van der Waals surface area contributed by atoms with Crippen molar-refractivity contribution in [1.29, 1.82) is 0 Å². The van der Waals surface area contributed by atoms with Crippen molar-refractivity contribution in [3.05, 3.63) is 53.9 Å². The Morgan fingerprint density at radius 3 is 2.87 bits per heavy atom. The fourth-order valence-corrected chi connectivity index (χ4v) is 2.60. The van der Waals surface area contributed by atoms with E-state index in [4.69, 9.17) is 9.47 Å². The summed E-state index contributed by atoms with van der Waals surface area (Å²) in [5.74, 6) is 1.20. The van der Waals surface area contributed by atoms with Gasteiger partial charge in [0.25, 0.3) is 5.91 Å². The summed E-state index contributed by atoms with van der Waals surface area (Å²) in [6.45, 7) is 4.50. The Kier molecular flexibility index (Phi) is 4.19. The van der Waals surface area contributed by atoms with Gasteiger partial charge in [-0.05, 0) is 37.6 Å². The lowest BCUT2D eigenvalue weighted by Crippen LogP contribution is -2.28. The minimum Gasteiger partial charge on any atom is -0.483 e. The first-order valence-corrected chi connectivity index (χ1v) is 7.63. The molecule has 3 rings (SSSR count). The number of aromatic nitrogens is 1. The molecule has 0 saturated heterocycles. The monoisotopic (exact) mass is 312 g/mol. The average Bonchev–Trinajstić information content (AvgIpc) is 2.86. The van der Waals surface area contributed by atoms with Crippen molar-refractivity contribution >= 4 is 5.91 Å². The number of hydrogen-bond acceptors (Lipinski definition) is 4. The summed E-state index contributed by atoms with van der Waals surface area (Å²) in [5, 5.41) is 2.82. The Balaban J connectivity index is 1.55. The molecule has 0 unspecified atom stereocenters. The van der Waals surface area contributed by atoms with Gasteiger partial charge < -0.3 is 14.8 Å². The lowest BCUT2D eigenvalue weighted by Gasteiger charge is -2.18. The first kappa shape index (κ1) is 15.3. The van der Waals surface area contributed by atoms with Crippen LogP contribution in [0.1, 0.15) is 25.0 Å².